The Labute approximate surface area is 216 Å². The Balaban J connectivity index is 0.00000385. The smallest absolute Gasteiger partial charge is 0.203 e. The molecule has 1 aromatic carbocycles. The second-order valence-corrected chi connectivity index (χ2v) is 8.65. The number of nitrogens with zero attached hydrogens (tertiary/aromatic N) is 4. The maximum absolute atomic E-state index is 5.50. The fourth-order valence-corrected chi connectivity index (χ4v) is 4.74. The van der Waals surface area contributed by atoms with Crippen molar-refractivity contribution >= 4 is 29.9 Å². The zero-order valence-electron chi connectivity index (χ0n) is 20.9. The highest BCUT2D eigenvalue weighted by Gasteiger charge is 2.22. The highest BCUT2D eigenvalue weighted by molar-refractivity contribution is 14.0. The average molecular weight is 576 g/mol. The van der Waals surface area contributed by atoms with Gasteiger partial charge in [-0.05, 0) is 44.0 Å². The van der Waals surface area contributed by atoms with Crippen molar-refractivity contribution in [1.82, 2.24) is 20.0 Å². The molecule has 0 aromatic heterocycles. The first-order chi connectivity index (χ1) is 15.6. The molecule has 1 N–H and O–H groups in total. The minimum absolute atomic E-state index is 0. The minimum Gasteiger partial charge on any atom is -0.493 e. The SMILES string of the molecule is CN=C(NCCN1CCCCC1C)N1CCN(Cc2cc(OC)c(OC)c(OC)c2)CC1.I. The second kappa shape index (κ2) is 14.1. The maximum atomic E-state index is 5.50. The molecule has 0 spiro atoms. The van der Waals surface area contributed by atoms with Gasteiger partial charge in [-0.3, -0.25) is 14.8 Å². The van der Waals surface area contributed by atoms with E-state index in [-0.39, 0.29) is 24.0 Å². The standard InChI is InChI=1S/C24H41N5O3.HI/c1-19-8-6-7-10-28(19)11-9-26-24(25-2)29-14-12-27(13-15-29)18-20-16-21(30-3)23(32-5)22(17-20)31-4;/h16-17,19H,6-15,18H2,1-5H3,(H,25,26);1H. The lowest BCUT2D eigenvalue weighted by atomic mass is 10.0. The van der Waals surface area contributed by atoms with Crippen LogP contribution in [0.4, 0.5) is 0 Å². The van der Waals surface area contributed by atoms with E-state index in [9.17, 15) is 0 Å². The Hall–Kier alpha value is -1.46. The van der Waals surface area contributed by atoms with Crippen LogP contribution >= 0.6 is 24.0 Å². The number of nitrogens with one attached hydrogen (secondary N) is 1. The van der Waals surface area contributed by atoms with E-state index in [1.807, 2.05) is 19.2 Å². The van der Waals surface area contributed by atoms with Gasteiger partial charge in [0.15, 0.2) is 17.5 Å². The quantitative estimate of drug-likeness (QED) is 0.291. The molecule has 188 valence electrons. The van der Waals surface area contributed by atoms with Gasteiger partial charge in [0.1, 0.15) is 0 Å². The van der Waals surface area contributed by atoms with Gasteiger partial charge in [0.2, 0.25) is 5.75 Å². The average Bonchev–Trinajstić information content (AvgIpc) is 2.83. The number of hydrogen-bond acceptors (Lipinski definition) is 6. The molecule has 0 aliphatic carbocycles. The van der Waals surface area contributed by atoms with Crippen LogP contribution in [0.3, 0.4) is 0 Å². The van der Waals surface area contributed by atoms with Crippen LogP contribution in [0.25, 0.3) is 0 Å². The number of aliphatic imine (C=N–C) groups is 1. The summed E-state index contributed by atoms with van der Waals surface area (Å²) in [5.41, 5.74) is 1.16. The molecule has 2 heterocycles. The van der Waals surface area contributed by atoms with E-state index >= 15 is 0 Å². The van der Waals surface area contributed by atoms with Gasteiger partial charge < -0.3 is 24.4 Å². The van der Waals surface area contributed by atoms with E-state index in [0.717, 1.165) is 57.3 Å². The van der Waals surface area contributed by atoms with Crippen LogP contribution in [0.1, 0.15) is 31.7 Å². The molecule has 2 aliphatic rings. The van der Waals surface area contributed by atoms with Crippen LogP contribution in [0, 0.1) is 0 Å². The third-order valence-electron chi connectivity index (χ3n) is 6.64. The Kier molecular flexibility index (Phi) is 11.8. The number of guanidine groups is 1. The first-order valence-corrected chi connectivity index (χ1v) is 11.8. The number of methoxy groups -OCH3 is 3. The predicted molar refractivity (Wildman–Crippen MR) is 145 cm³/mol. The molecule has 2 aliphatic heterocycles. The van der Waals surface area contributed by atoms with Crippen LogP contribution < -0.4 is 19.5 Å². The molecule has 3 rings (SSSR count). The lowest BCUT2D eigenvalue weighted by Gasteiger charge is -2.37. The molecule has 8 nitrogen and oxygen atoms in total. The molecule has 0 amide bonds. The Morgan fingerprint density at radius 2 is 1.67 bits per heavy atom. The summed E-state index contributed by atoms with van der Waals surface area (Å²) in [4.78, 5) is 12.0. The predicted octanol–water partition coefficient (Wildman–Crippen LogP) is 2.90. The summed E-state index contributed by atoms with van der Waals surface area (Å²) in [5, 5.41) is 3.58. The van der Waals surface area contributed by atoms with E-state index in [0.29, 0.717) is 23.3 Å². The van der Waals surface area contributed by atoms with Crippen molar-refractivity contribution in [3.8, 4) is 17.2 Å². The van der Waals surface area contributed by atoms with E-state index in [1.165, 1.54) is 25.8 Å². The number of piperidine rings is 1. The van der Waals surface area contributed by atoms with Crippen molar-refractivity contribution < 1.29 is 14.2 Å². The molecule has 0 saturated carbocycles. The first-order valence-electron chi connectivity index (χ1n) is 11.8. The zero-order valence-corrected chi connectivity index (χ0v) is 23.3. The number of likely N-dealkylation sites (tertiary alicyclic amines) is 1. The summed E-state index contributed by atoms with van der Waals surface area (Å²) in [6.07, 6.45) is 4.02. The van der Waals surface area contributed by atoms with Crippen molar-refractivity contribution in [2.45, 2.75) is 38.8 Å². The van der Waals surface area contributed by atoms with Gasteiger partial charge in [-0.25, -0.2) is 0 Å². The van der Waals surface area contributed by atoms with Gasteiger partial charge in [-0.1, -0.05) is 6.42 Å². The monoisotopic (exact) mass is 575 g/mol. The number of hydrogen-bond donors (Lipinski definition) is 1. The van der Waals surface area contributed by atoms with Gasteiger partial charge >= 0.3 is 0 Å². The molecule has 1 aromatic rings. The highest BCUT2D eigenvalue weighted by atomic mass is 127. The largest absolute Gasteiger partial charge is 0.493 e. The van der Waals surface area contributed by atoms with E-state index in [1.54, 1.807) is 21.3 Å². The molecular weight excluding hydrogens is 533 g/mol. The van der Waals surface area contributed by atoms with Crippen LogP contribution in [0.2, 0.25) is 0 Å². The number of halogens is 1. The van der Waals surface area contributed by atoms with Crippen molar-refractivity contribution in [2.24, 2.45) is 4.99 Å². The number of benzene rings is 1. The molecule has 0 bridgehead atoms. The molecule has 2 saturated heterocycles. The van der Waals surface area contributed by atoms with Crippen molar-refractivity contribution in [3.63, 3.8) is 0 Å². The van der Waals surface area contributed by atoms with E-state index < -0.39 is 0 Å². The molecule has 2 fully saturated rings. The minimum atomic E-state index is 0. The zero-order chi connectivity index (χ0) is 22.9. The van der Waals surface area contributed by atoms with Gasteiger partial charge in [0, 0.05) is 58.9 Å². The molecule has 9 heteroatoms. The number of rotatable bonds is 8. The Morgan fingerprint density at radius 1 is 1.00 bits per heavy atom. The van der Waals surface area contributed by atoms with E-state index in [2.05, 4.69) is 31.9 Å². The number of ether oxygens (including phenoxy) is 3. The Morgan fingerprint density at radius 3 is 2.21 bits per heavy atom. The molecular formula is C24H42IN5O3. The maximum Gasteiger partial charge on any atom is 0.203 e. The summed E-state index contributed by atoms with van der Waals surface area (Å²) in [5.74, 6) is 3.06. The molecule has 0 radical (unpaired) electrons. The third-order valence-corrected chi connectivity index (χ3v) is 6.64. The number of piperazine rings is 1. The summed E-state index contributed by atoms with van der Waals surface area (Å²) >= 11 is 0. The lowest BCUT2D eigenvalue weighted by molar-refractivity contribution is 0.159. The van der Waals surface area contributed by atoms with Crippen LogP contribution in [-0.4, -0.2) is 101 Å². The Bertz CT molecular complexity index is 731. The first kappa shape index (κ1) is 27.8. The summed E-state index contributed by atoms with van der Waals surface area (Å²) in [6, 6.07) is 4.78. The van der Waals surface area contributed by atoms with Crippen molar-refractivity contribution in [3.05, 3.63) is 17.7 Å². The van der Waals surface area contributed by atoms with Crippen LogP contribution in [-0.2, 0) is 6.54 Å². The molecule has 33 heavy (non-hydrogen) atoms. The van der Waals surface area contributed by atoms with Crippen LogP contribution in [0.15, 0.2) is 17.1 Å². The van der Waals surface area contributed by atoms with Crippen molar-refractivity contribution in [2.75, 3.05) is 74.2 Å². The topological polar surface area (TPSA) is 61.8 Å². The fourth-order valence-electron chi connectivity index (χ4n) is 4.74. The van der Waals surface area contributed by atoms with Gasteiger partial charge in [0.25, 0.3) is 0 Å². The second-order valence-electron chi connectivity index (χ2n) is 8.65. The van der Waals surface area contributed by atoms with E-state index in [4.69, 9.17) is 14.2 Å². The van der Waals surface area contributed by atoms with Gasteiger partial charge in [0.05, 0.1) is 21.3 Å². The summed E-state index contributed by atoms with van der Waals surface area (Å²) in [6.45, 7) is 10.4. The lowest BCUT2D eigenvalue weighted by Crippen LogP contribution is -2.53. The molecule has 1 atom stereocenters. The fraction of sp³-hybridized carbons (Fsp3) is 0.708. The summed E-state index contributed by atoms with van der Waals surface area (Å²) in [7, 11) is 6.83. The van der Waals surface area contributed by atoms with Crippen LogP contribution in [0.5, 0.6) is 17.2 Å². The van der Waals surface area contributed by atoms with Gasteiger partial charge in [-0.15, -0.1) is 24.0 Å². The summed E-state index contributed by atoms with van der Waals surface area (Å²) < 4.78 is 16.4. The van der Waals surface area contributed by atoms with Gasteiger partial charge in [-0.2, -0.15) is 0 Å². The van der Waals surface area contributed by atoms with Crippen molar-refractivity contribution in [1.29, 1.82) is 0 Å². The normalized spacial score (nSPS) is 20.2. The molecule has 1 unspecified atom stereocenters. The highest BCUT2D eigenvalue weighted by Crippen LogP contribution is 2.38. The third kappa shape index (κ3) is 7.51.